The molecule has 1 aliphatic rings. The predicted octanol–water partition coefficient (Wildman–Crippen LogP) is 3.22. The van der Waals surface area contributed by atoms with Gasteiger partial charge in [-0.3, -0.25) is 4.99 Å². The Morgan fingerprint density at radius 3 is 2.46 bits per heavy atom. The molecule has 0 atom stereocenters. The molecule has 2 aromatic carbocycles. The third-order valence-electron chi connectivity index (χ3n) is 3.75. The van der Waals surface area contributed by atoms with E-state index in [1.165, 1.54) is 12.1 Å². The van der Waals surface area contributed by atoms with Gasteiger partial charge in [0, 0.05) is 26.2 Å². The minimum atomic E-state index is -0.569. The van der Waals surface area contributed by atoms with Crippen molar-refractivity contribution in [3.63, 3.8) is 0 Å². The normalized spacial score (nSPS) is 12.5. The quantitative estimate of drug-likeness (QED) is 0.397. The molecule has 1 aliphatic heterocycles. The second-order valence-electron chi connectivity index (χ2n) is 5.57. The van der Waals surface area contributed by atoms with Gasteiger partial charge in [0.25, 0.3) is 0 Å². The van der Waals surface area contributed by atoms with Gasteiger partial charge < -0.3 is 20.1 Å². The second-order valence-corrected chi connectivity index (χ2v) is 5.57. The Labute approximate surface area is 167 Å². The van der Waals surface area contributed by atoms with E-state index in [0.29, 0.717) is 31.0 Å². The van der Waals surface area contributed by atoms with E-state index in [0.717, 1.165) is 23.1 Å². The molecule has 8 heteroatoms. The molecule has 0 saturated heterocycles. The molecule has 3 rings (SSSR count). The Kier molecular flexibility index (Phi) is 7.43. The Bertz CT molecular complexity index is 767. The van der Waals surface area contributed by atoms with Gasteiger partial charge in [0.15, 0.2) is 17.5 Å². The van der Waals surface area contributed by atoms with E-state index in [9.17, 15) is 8.78 Å². The number of benzene rings is 2. The fourth-order valence-electron chi connectivity index (χ4n) is 2.54. The van der Waals surface area contributed by atoms with Gasteiger partial charge in [-0.1, -0.05) is 6.07 Å². The van der Waals surface area contributed by atoms with E-state index in [-0.39, 0.29) is 30.8 Å². The lowest BCUT2D eigenvalue weighted by molar-refractivity contribution is 0.174. The van der Waals surface area contributed by atoms with Crippen molar-refractivity contribution in [2.75, 3.05) is 20.4 Å². The minimum absolute atomic E-state index is 0. The van der Waals surface area contributed by atoms with Gasteiger partial charge >= 0.3 is 0 Å². The summed E-state index contributed by atoms with van der Waals surface area (Å²) in [6.45, 7) is 1.31. The van der Waals surface area contributed by atoms with Crippen LogP contribution in [0.5, 0.6) is 11.5 Å². The Hall–Kier alpha value is -2.10. The van der Waals surface area contributed by atoms with E-state index in [1.54, 1.807) is 7.05 Å². The van der Waals surface area contributed by atoms with E-state index in [1.807, 2.05) is 18.2 Å². The Morgan fingerprint density at radius 2 is 1.73 bits per heavy atom. The molecule has 5 nitrogen and oxygen atoms in total. The number of nitrogens with one attached hydrogen (secondary N) is 2. The number of hydrogen-bond acceptors (Lipinski definition) is 3. The van der Waals surface area contributed by atoms with Crippen LogP contribution in [0.4, 0.5) is 8.78 Å². The molecule has 0 aliphatic carbocycles. The molecule has 0 aromatic heterocycles. The van der Waals surface area contributed by atoms with Crippen molar-refractivity contribution in [1.82, 2.24) is 10.6 Å². The van der Waals surface area contributed by atoms with Crippen molar-refractivity contribution in [1.29, 1.82) is 0 Å². The summed E-state index contributed by atoms with van der Waals surface area (Å²) in [5.41, 5.74) is 1.62. The number of fused-ring (bicyclic) bond motifs is 1. The fourth-order valence-corrected chi connectivity index (χ4v) is 2.54. The Balaban J connectivity index is 0.00000243. The van der Waals surface area contributed by atoms with Gasteiger partial charge in [0.1, 0.15) is 11.6 Å². The van der Waals surface area contributed by atoms with Crippen LogP contribution in [0.1, 0.15) is 11.1 Å². The van der Waals surface area contributed by atoms with E-state index < -0.39 is 11.6 Å². The first-order valence-corrected chi connectivity index (χ1v) is 7.92. The lowest BCUT2D eigenvalue weighted by Crippen LogP contribution is -2.37. The van der Waals surface area contributed by atoms with Gasteiger partial charge in [0.05, 0.1) is 0 Å². The highest BCUT2D eigenvalue weighted by Gasteiger charge is 2.13. The van der Waals surface area contributed by atoms with Gasteiger partial charge in [-0.25, -0.2) is 8.78 Å². The van der Waals surface area contributed by atoms with Crippen LogP contribution in [0, 0.1) is 11.6 Å². The first-order valence-electron chi connectivity index (χ1n) is 7.92. The zero-order valence-electron chi connectivity index (χ0n) is 14.2. The van der Waals surface area contributed by atoms with Gasteiger partial charge in [-0.15, -0.1) is 24.0 Å². The summed E-state index contributed by atoms with van der Waals surface area (Å²) in [4.78, 5) is 4.13. The molecule has 2 aromatic rings. The van der Waals surface area contributed by atoms with Gasteiger partial charge in [-0.05, 0) is 41.8 Å². The summed E-state index contributed by atoms with van der Waals surface area (Å²) in [5.74, 6) is 0.944. The smallest absolute Gasteiger partial charge is 0.231 e. The van der Waals surface area contributed by atoms with Crippen LogP contribution in [0.2, 0.25) is 0 Å². The average Bonchev–Trinajstić information content (AvgIpc) is 3.04. The molecule has 0 amide bonds. The molecule has 0 saturated carbocycles. The van der Waals surface area contributed by atoms with E-state index in [2.05, 4.69) is 15.6 Å². The summed E-state index contributed by atoms with van der Waals surface area (Å²) in [7, 11) is 1.66. The third-order valence-corrected chi connectivity index (χ3v) is 3.75. The van der Waals surface area contributed by atoms with E-state index >= 15 is 0 Å². The van der Waals surface area contributed by atoms with Crippen LogP contribution in [0.25, 0.3) is 0 Å². The van der Waals surface area contributed by atoms with Crippen molar-refractivity contribution in [3.8, 4) is 11.5 Å². The van der Waals surface area contributed by atoms with Crippen molar-refractivity contribution in [2.45, 2.75) is 13.0 Å². The van der Waals surface area contributed by atoms with E-state index in [4.69, 9.17) is 9.47 Å². The summed E-state index contributed by atoms with van der Waals surface area (Å²) in [6, 6.07) is 9.25. The lowest BCUT2D eigenvalue weighted by atomic mass is 10.1. The molecule has 0 bridgehead atoms. The third kappa shape index (κ3) is 5.45. The molecule has 26 heavy (non-hydrogen) atoms. The van der Waals surface area contributed by atoms with Crippen LogP contribution in [0.3, 0.4) is 0 Å². The molecule has 0 radical (unpaired) electrons. The minimum Gasteiger partial charge on any atom is -0.454 e. The van der Waals surface area contributed by atoms with Crippen molar-refractivity contribution in [2.24, 2.45) is 4.99 Å². The standard InChI is InChI=1S/C18H19F2N3O2.HI/c1-21-18(22-5-4-12-6-14(19)9-15(20)7-12)23-10-13-2-3-16-17(8-13)25-11-24-16;/h2-3,6-9H,4-5,10-11H2,1H3,(H2,21,22,23);1H. The first-order chi connectivity index (χ1) is 12.1. The maximum Gasteiger partial charge on any atom is 0.231 e. The van der Waals surface area contributed by atoms with Crippen molar-refractivity contribution >= 4 is 29.9 Å². The molecule has 0 spiro atoms. The van der Waals surface area contributed by atoms with Crippen LogP contribution >= 0.6 is 24.0 Å². The molecule has 140 valence electrons. The average molecular weight is 475 g/mol. The summed E-state index contributed by atoms with van der Waals surface area (Å²) in [6.07, 6.45) is 0.486. The number of guanidine groups is 1. The highest BCUT2D eigenvalue weighted by atomic mass is 127. The van der Waals surface area contributed by atoms with Crippen LogP contribution in [-0.4, -0.2) is 26.3 Å². The lowest BCUT2D eigenvalue weighted by Gasteiger charge is -2.12. The number of hydrogen-bond donors (Lipinski definition) is 2. The molecular weight excluding hydrogens is 455 g/mol. The number of ether oxygens (including phenoxy) is 2. The first kappa shape index (κ1) is 20.2. The monoisotopic (exact) mass is 475 g/mol. The SMILES string of the molecule is CN=C(NCCc1cc(F)cc(F)c1)NCc1ccc2c(c1)OCO2.I. The van der Waals surface area contributed by atoms with Gasteiger partial charge in [0.2, 0.25) is 6.79 Å². The summed E-state index contributed by atoms with van der Waals surface area (Å²) < 4.78 is 37.0. The molecule has 0 fully saturated rings. The van der Waals surface area contributed by atoms with Crippen LogP contribution in [0.15, 0.2) is 41.4 Å². The highest BCUT2D eigenvalue weighted by molar-refractivity contribution is 14.0. The largest absolute Gasteiger partial charge is 0.454 e. The molecular formula is C18H20F2IN3O2. The predicted molar refractivity (Wildman–Crippen MR) is 106 cm³/mol. The number of aliphatic imine (C=N–C) groups is 1. The van der Waals surface area contributed by atoms with Crippen LogP contribution in [-0.2, 0) is 13.0 Å². The summed E-state index contributed by atoms with van der Waals surface area (Å²) in [5, 5.41) is 6.30. The summed E-state index contributed by atoms with van der Waals surface area (Å²) >= 11 is 0. The van der Waals surface area contributed by atoms with Gasteiger partial charge in [-0.2, -0.15) is 0 Å². The zero-order valence-corrected chi connectivity index (χ0v) is 16.6. The van der Waals surface area contributed by atoms with Crippen LogP contribution < -0.4 is 20.1 Å². The Morgan fingerprint density at radius 1 is 1.00 bits per heavy atom. The topological polar surface area (TPSA) is 54.9 Å². The second kappa shape index (κ2) is 9.56. The maximum atomic E-state index is 13.2. The van der Waals surface area contributed by atoms with Crippen molar-refractivity contribution in [3.05, 3.63) is 59.2 Å². The highest BCUT2D eigenvalue weighted by Crippen LogP contribution is 2.32. The number of nitrogens with zero attached hydrogens (tertiary/aromatic N) is 1. The van der Waals surface area contributed by atoms with Crippen molar-refractivity contribution < 1.29 is 18.3 Å². The zero-order chi connectivity index (χ0) is 17.6. The molecule has 1 heterocycles. The number of halogens is 3. The molecule has 2 N–H and O–H groups in total. The fraction of sp³-hybridized carbons (Fsp3) is 0.278. The number of rotatable bonds is 5. The molecule has 0 unspecified atom stereocenters. The maximum absolute atomic E-state index is 13.2.